The van der Waals surface area contributed by atoms with E-state index in [9.17, 15) is 9.59 Å². The summed E-state index contributed by atoms with van der Waals surface area (Å²) in [6, 6.07) is 5.22. The zero-order chi connectivity index (χ0) is 16.5. The molecule has 22 heavy (non-hydrogen) atoms. The third-order valence-electron chi connectivity index (χ3n) is 3.58. The molecule has 0 spiro atoms. The molecular formula is C16H20O6. The fourth-order valence-corrected chi connectivity index (χ4v) is 2.32. The molecule has 6 heteroatoms. The van der Waals surface area contributed by atoms with Gasteiger partial charge in [-0.15, -0.1) is 0 Å². The summed E-state index contributed by atoms with van der Waals surface area (Å²) in [5.74, 6) is -1.31. The van der Waals surface area contributed by atoms with Gasteiger partial charge in [0.15, 0.2) is 16.9 Å². The van der Waals surface area contributed by atoms with Crippen molar-refractivity contribution >= 4 is 11.9 Å². The predicted octanol–water partition coefficient (Wildman–Crippen LogP) is 2.09. The first-order valence-corrected chi connectivity index (χ1v) is 6.89. The Kier molecular flexibility index (Phi) is 4.04. The monoisotopic (exact) mass is 308 g/mol. The van der Waals surface area contributed by atoms with Crippen LogP contribution in [0.3, 0.4) is 0 Å². The van der Waals surface area contributed by atoms with Crippen LogP contribution in [0, 0.1) is 5.41 Å². The lowest BCUT2D eigenvalue weighted by Crippen LogP contribution is -2.53. The van der Waals surface area contributed by atoms with Crippen LogP contribution in [0.15, 0.2) is 18.2 Å². The zero-order valence-corrected chi connectivity index (χ0v) is 13.4. The van der Waals surface area contributed by atoms with Crippen LogP contribution in [-0.2, 0) is 25.5 Å². The Bertz CT molecular complexity index is 585. The summed E-state index contributed by atoms with van der Waals surface area (Å²) in [6.07, 6.45) is 0.154. The van der Waals surface area contributed by atoms with E-state index in [0.717, 1.165) is 5.56 Å². The minimum Gasteiger partial charge on any atom is -0.493 e. The highest BCUT2D eigenvalue weighted by atomic mass is 16.7. The molecule has 0 unspecified atom stereocenters. The van der Waals surface area contributed by atoms with Crippen molar-refractivity contribution in [3.05, 3.63) is 23.8 Å². The molecule has 120 valence electrons. The maximum absolute atomic E-state index is 12.2. The molecule has 1 saturated heterocycles. The zero-order valence-electron chi connectivity index (χ0n) is 13.4. The van der Waals surface area contributed by atoms with Gasteiger partial charge in [-0.2, -0.15) is 0 Å². The Morgan fingerprint density at radius 1 is 0.955 bits per heavy atom. The molecule has 0 saturated carbocycles. The minimum absolute atomic E-state index is 0.154. The average molecular weight is 308 g/mol. The molecule has 0 aliphatic carbocycles. The molecule has 0 N–H and O–H groups in total. The molecule has 0 aromatic heterocycles. The fraction of sp³-hybridized carbons (Fsp3) is 0.500. The second kappa shape index (κ2) is 5.51. The van der Waals surface area contributed by atoms with Crippen molar-refractivity contribution in [3.8, 4) is 11.5 Å². The van der Waals surface area contributed by atoms with E-state index in [1.54, 1.807) is 18.2 Å². The Balaban J connectivity index is 2.29. The summed E-state index contributed by atoms with van der Waals surface area (Å²) in [5.41, 5.74) is -0.636. The molecule has 1 aliphatic rings. The molecule has 2 rings (SSSR count). The molecule has 1 heterocycles. The van der Waals surface area contributed by atoms with Crippen LogP contribution in [0.5, 0.6) is 11.5 Å². The van der Waals surface area contributed by atoms with Gasteiger partial charge in [0.05, 0.1) is 14.2 Å². The van der Waals surface area contributed by atoms with Crippen LogP contribution in [0.2, 0.25) is 0 Å². The van der Waals surface area contributed by atoms with Crippen LogP contribution in [0.4, 0.5) is 0 Å². The molecule has 1 fully saturated rings. The average Bonchev–Trinajstić information content (AvgIpc) is 2.44. The van der Waals surface area contributed by atoms with Gasteiger partial charge < -0.3 is 18.9 Å². The van der Waals surface area contributed by atoms with E-state index < -0.39 is 23.1 Å². The number of carbonyl (C=O) groups excluding carboxylic acids is 2. The number of rotatable bonds is 4. The summed E-state index contributed by atoms with van der Waals surface area (Å²) in [4.78, 5) is 24.5. The third-order valence-corrected chi connectivity index (χ3v) is 3.58. The normalized spacial score (nSPS) is 19.1. The van der Waals surface area contributed by atoms with Gasteiger partial charge in [-0.1, -0.05) is 6.07 Å². The maximum Gasteiger partial charge on any atom is 0.326 e. The maximum atomic E-state index is 12.2. The van der Waals surface area contributed by atoms with Crippen molar-refractivity contribution in [1.82, 2.24) is 0 Å². The number of ether oxygens (including phenoxy) is 4. The Morgan fingerprint density at radius 3 is 2.00 bits per heavy atom. The van der Waals surface area contributed by atoms with Crippen molar-refractivity contribution < 1.29 is 28.5 Å². The first kappa shape index (κ1) is 16.1. The van der Waals surface area contributed by atoms with Gasteiger partial charge in [0.25, 0.3) is 5.79 Å². The van der Waals surface area contributed by atoms with Crippen LogP contribution in [0.25, 0.3) is 0 Å². The highest BCUT2D eigenvalue weighted by Crippen LogP contribution is 2.36. The van der Waals surface area contributed by atoms with Crippen LogP contribution >= 0.6 is 0 Å². The number of esters is 2. The first-order valence-electron chi connectivity index (χ1n) is 6.89. The summed E-state index contributed by atoms with van der Waals surface area (Å²) >= 11 is 0. The van der Waals surface area contributed by atoms with Crippen LogP contribution < -0.4 is 9.47 Å². The van der Waals surface area contributed by atoms with Gasteiger partial charge in [-0.3, -0.25) is 9.59 Å². The summed E-state index contributed by atoms with van der Waals surface area (Å²) in [5, 5.41) is 0. The van der Waals surface area contributed by atoms with E-state index in [4.69, 9.17) is 18.9 Å². The highest BCUT2D eigenvalue weighted by molar-refractivity contribution is 6.01. The number of hydrogen-bond acceptors (Lipinski definition) is 6. The SMILES string of the molecule is COc1ccc(CC2(C)C(=O)OC(C)(C)OC2=O)cc1OC. The standard InChI is InChI=1S/C16H20O6/c1-15(2)21-13(17)16(3,14(18)22-15)9-10-6-7-11(19-4)12(8-10)20-5/h6-8H,9H2,1-5H3. The molecular weight excluding hydrogens is 288 g/mol. The summed E-state index contributed by atoms with van der Waals surface area (Å²) in [6.45, 7) is 4.57. The molecule has 0 bridgehead atoms. The van der Waals surface area contributed by atoms with Gasteiger partial charge in [-0.25, -0.2) is 0 Å². The van der Waals surface area contributed by atoms with E-state index in [0.29, 0.717) is 11.5 Å². The lowest BCUT2D eigenvalue weighted by Gasteiger charge is -2.38. The van der Waals surface area contributed by atoms with E-state index in [-0.39, 0.29) is 6.42 Å². The second-order valence-electron chi connectivity index (χ2n) is 5.88. The Labute approximate surface area is 129 Å². The van der Waals surface area contributed by atoms with E-state index >= 15 is 0 Å². The topological polar surface area (TPSA) is 71.1 Å². The number of methoxy groups -OCH3 is 2. The molecule has 0 amide bonds. The largest absolute Gasteiger partial charge is 0.493 e. The third kappa shape index (κ3) is 2.86. The van der Waals surface area contributed by atoms with Gasteiger partial charge in [0, 0.05) is 13.8 Å². The Morgan fingerprint density at radius 2 is 1.50 bits per heavy atom. The molecule has 1 aromatic rings. The van der Waals surface area contributed by atoms with Gasteiger partial charge in [-0.05, 0) is 31.0 Å². The van der Waals surface area contributed by atoms with Gasteiger partial charge in [0.2, 0.25) is 0 Å². The van der Waals surface area contributed by atoms with Crippen molar-refractivity contribution in [1.29, 1.82) is 0 Å². The lowest BCUT2D eigenvalue weighted by atomic mass is 9.82. The van der Waals surface area contributed by atoms with E-state index in [1.807, 2.05) is 0 Å². The smallest absolute Gasteiger partial charge is 0.326 e. The van der Waals surface area contributed by atoms with E-state index in [1.165, 1.54) is 35.0 Å². The summed E-state index contributed by atoms with van der Waals surface area (Å²) in [7, 11) is 3.06. The summed E-state index contributed by atoms with van der Waals surface area (Å²) < 4.78 is 20.8. The lowest BCUT2D eigenvalue weighted by molar-refractivity contribution is -0.249. The quantitative estimate of drug-likeness (QED) is 0.626. The van der Waals surface area contributed by atoms with E-state index in [2.05, 4.69) is 0 Å². The first-order chi connectivity index (χ1) is 10.2. The highest BCUT2D eigenvalue weighted by Gasteiger charge is 2.52. The number of carbonyl (C=O) groups is 2. The minimum atomic E-state index is -1.38. The predicted molar refractivity (Wildman–Crippen MR) is 77.6 cm³/mol. The fourth-order valence-electron chi connectivity index (χ4n) is 2.32. The number of benzene rings is 1. The second-order valence-corrected chi connectivity index (χ2v) is 5.88. The molecule has 1 aromatic carbocycles. The van der Waals surface area contributed by atoms with Gasteiger partial charge >= 0.3 is 11.9 Å². The van der Waals surface area contributed by atoms with Crippen molar-refractivity contribution in [2.75, 3.05) is 14.2 Å². The number of cyclic esters (lactones) is 2. The number of hydrogen-bond donors (Lipinski definition) is 0. The van der Waals surface area contributed by atoms with Crippen LogP contribution in [-0.4, -0.2) is 31.9 Å². The van der Waals surface area contributed by atoms with Gasteiger partial charge in [0.1, 0.15) is 0 Å². The molecule has 6 nitrogen and oxygen atoms in total. The molecule has 1 aliphatic heterocycles. The Hall–Kier alpha value is -2.24. The van der Waals surface area contributed by atoms with Crippen molar-refractivity contribution in [2.24, 2.45) is 5.41 Å². The van der Waals surface area contributed by atoms with Crippen LogP contribution in [0.1, 0.15) is 26.3 Å². The molecule has 0 atom stereocenters. The molecule has 0 radical (unpaired) electrons. The van der Waals surface area contributed by atoms with Crippen molar-refractivity contribution in [3.63, 3.8) is 0 Å². The van der Waals surface area contributed by atoms with Crippen molar-refractivity contribution in [2.45, 2.75) is 33.0 Å².